The Bertz CT molecular complexity index is 518. The zero-order chi connectivity index (χ0) is 11.7. The maximum Gasteiger partial charge on any atom is 0.341 e. The molecule has 2 N–H and O–H groups in total. The first kappa shape index (κ1) is 10.1. The van der Waals surface area contributed by atoms with E-state index in [-0.39, 0.29) is 11.4 Å². The topological polar surface area (TPSA) is 91.8 Å². The molecule has 2 aromatic rings. The molecule has 0 atom stereocenters. The van der Waals surface area contributed by atoms with E-state index in [1.165, 1.54) is 0 Å². The highest BCUT2D eigenvalue weighted by Gasteiger charge is 2.19. The van der Waals surface area contributed by atoms with Crippen molar-refractivity contribution >= 4 is 5.97 Å². The summed E-state index contributed by atoms with van der Waals surface area (Å²) < 4.78 is 26.5. The number of carboxylic acid groups (broad SMARTS) is 1. The molecule has 8 heteroatoms. The molecule has 0 radical (unpaired) electrons. The van der Waals surface area contributed by atoms with Crippen LogP contribution in [0.15, 0.2) is 12.1 Å². The van der Waals surface area contributed by atoms with Crippen molar-refractivity contribution in [3.8, 4) is 11.4 Å². The smallest absolute Gasteiger partial charge is 0.341 e. The van der Waals surface area contributed by atoms with Crippen molar-refractivity contribution in [1.29, 1.82) is 0 Å². The third-order valence-corrected chi connectivity index (χ3v) is 1.86. The Labute approximate surface area is 86.9 Å². The van der Waals surface area contributed by atoms with Crippen LogP contribution in [0.5, 0.6) is 0 Å². The highest BCUT2D eigenvalue weighted by atomic mass is 19.1. The van der Waals surface area contributed by atoms with E-state index >= 15 is 0 Å². The first-order valence-electron chi connectivity index (χ1n) is 4.05. The fraction of sp³-hybridized carbons (Fsp3) is 0. The zero-order valence-electron chi connectivity index (χ0n) is 7.61. The molecule has 0 amide bonds. The molecule has 16 heavy (non-hydrogen) atoms. The van der Waals surface area contributed by atoms with Crippen molar-refractivity contribution in [2.45, 2.75) is 0 Å². The highest BCUT2D eigenvalue weighted by Crippen LogP contribution is 2.21. The Morgan fingerprint density at radius 1 is 1.31 bits per heavy atom. The van der Waals surface area contributed by atoms with Gasteiger partial charge in [0.15, 0.2) is 0 Å². The van der Waals surface area contributed by atoms with Crippen molar-refractivity contribution in [2.75, 3.05) is 0 Å². The number of benzene rings is 1. The first-order valence-corrected chi connectivity index (χ1v) is 4.05. The van der Waals surface area contributed by atoms with E-state index in [0.29, 0.717) is 0 Å². The number of aromatic amines is 1. The predicted molar refractivity (Wildman–Crippen MR) is 46.5 cm³/mol. The molecule has 0 unspecified atom stereocenters. The van der Waals surface area contributed by atoms with Crippen LogP contribution < -0.4 is 0 Å². The molecule has 2 rings (SSSR count). The summed E-state index contributed by atoms with van der Waals surface area (Å²) in [5.74, 6) is -4.07. The van der Waals surface area contributed by atoms with Crippen LogP contribution in [-0.4, -0.2) is 31.7 Å². The molecule has 0 aliphatic heterocycles. The lowest BCUT2D eigenvalue weighted by Crippen LogP contribution is -2.05. The molecule has 0 saturated heterocycles. The lowest BCUT2D eigenvalue weighted by atomic mass is 10.1. The number of tetrazole rings is 1. The van der Waals surface area contributed by atoms with Crippen LogP contribution in [0.2, 0.25) is 0 Å². The summed E-state index contributed by atoms with van der Waals surface area (Å²) in [5, 5.41) is 20.9. The minimum atomic E-state index is -1.67. The summed E-state index contributed by atoms with van der Waals surface area (Å²) in [5.41, 5.74) is -0.999. The first-order chi connectivity index (χ1) is 7.59. The molecule has 1 aromatic heterocycles. The lowest BCUT2D eigenvalue weighted by Gasteiger charge is -2.01. The number of nitrogens with zero attached hydrogens (tertiary/aromatic N) is 3. The highest BCUT2D eigenvalue weighted by molar-refractivity contribution is 5.88. The van der Waals surface area contributed by atoms with E-state index in [2.05, 4.69) is 20.6 Å². The second-order valence-corrected chi connectivity index (χ2v) is 2.86. The molecule has 0 saturated carbocycles. The number of aromatic nitrogens is 4. The third kappa shape index (κ3) is 1.60. The minimum absolute atomic E-state index is 0.00810. The standard InChI is InChI=1S/C8H4F2N4O2/c9-4-1-3(7-11-13-14-12-7)2-5(10)6(4)8(15)16/h1-2H,(H,15,16)(H,11,12,13,14). The molecule has 0 aliphatic rings. The van der Waals surface area contributed by atoms with Gasteiger partial charge in [-0.1, -0.05) is 0 Å². The summed E-state index contributed by atoms with van der Waals surface area (Å²) in [6.07, 6.45) is 0. The Balaban J connectivity index is 2.58. The maximum absolute atomic E-state index is 13.2. The number of hydrogen-bond donors (Lipinski definition) is 2. The van der Waals surface area contributed by atoms with Crippen LogP contribution in [0, 0.1) is 11.6 Å². The Kier molecular flexibility index (Phi) is 2.31. The number of carboxylic acids is 1. The van der Waals surface area contributed by atoms with Gasteiger partial charge in [0.2, 0.25) is 5.82 Å². The molecule has 6 nitrogen and oxygen atoms in total. The van der Waals surface area contributed by atoms with E-state index in [9.17, 15) is 13.6 Å². The minimum Gasteiger partial charge on any atom is -0.477 e. The van der Waals surface area contributed by atoms with Gasteiger partial charge in [0.05, 0.1) is 0 Å². The third-order valence-electron chi connectivity index (χ3n) is 1.86. The normalized spacial score (nSPS) is 10.4. The molecule has 0 fully saturated rings. The quantitative estimate of drug-likeness (QED) is 0.791. The molecule has 0 aliphatic carbocycles. The van der Waals surface area contributed by atoms with Crippen LogP contribution >= 0.6 is 0 Å². The summed E-state index contributed by atoms with van der Waals surface area (Å²) in [7, 11) is 0. The van der Waals surface area contributed by atoms with Gasteiger partial charge in [-0.2, -0.15) is 5.21 Å². The van der Waals surface area contributed by atoms with E-state index in [1.54, 1.807) is 0 Å². The van der Waals surface area contributed by atoms with Gasteiger partial charge in [0.25, 0.3) is 0 Å². The van der Waals surface area contributed by atoms with Gasteiger partial charge in [-0.25, -0.2) is 13.6 Å². The van der Waals surface area contributed by atoms with Gasteiger partial charge < -0.3 is 5.11 Å². The van der Waals surface area contributed by atoms with Crippen LogP contribution in [0.4, 0.5) is 8.78 Å². The van der Waals surface area contributed by atoms with Crippen molar-refractivity contribution in [1.82, 2.24) is 20.6 Å². The SMILES string of the molecule is O=C(O)c1c(F)cc(-c2nn[nH]n2)cc1F. The number of nitrogens with one attached hydrogen (secondary N) is 1. The van der Waals surface area contributed by atoms with Crippen LogP contribution in [0.3, 0.4) is 0 Å². The van der Waals surface area contributed by atoms with Crippen molar-refractivity contribution < 1.29 is 18.7 Å². The summed E-state index contributed by atoms with van der Waals surface area (Å²) in [6, 6.07) is 1.66. The van der Waals surface area contributed by atoms with Gasteiger partial charge in [-0.3, -0.25) is 0 Å². The van der Waals surface area contributed by atoms with E-state index in [4.69, 9.17) is 5.11 Å². The molecule has 0 spiro atoms. The van der Waals surface area contributed by atoms with E-state index in [0.717, 1.165) is 12.1 Å². The molecule has 1 heterocycles. The van der Waals surface area contributed by atoms with Crippen LogP contribution in [-0.2, 0) is 0 Å². The molecule has 82 valence electrons. The second kappa shape index (κ2) is 3.65. The number of carbonyl (C=O) groups is 1. The molecular formula is C8H4F2N4O2. The fourth-order valence-electron chi connectivity index (χ4n) is 1.19. The Morgan fingerprint density at radius 3 is 2.38 bits per heavy atom. The van der Waals surface area contributed by atoms with Crippen LogP contribution in [0.1, 0.15) is 10.4 Å². The zero-order valence-corrected chi connectivity index (χ0v) is 7.61. The lowest BCUT2D eigenvalue weighted by molar-refractivity contribution is 0.0686. The Hall–Kier alpha value is -2.38. The van der Waals surface area contributed by atoms with Crippen molar-refractivity contribution in [3.63, 3.8) is 0 Å². The van der Waals surface area contributed by atoms with Crippen molar-refractivity contribution in [2.24, 2.45) is 0 Å². The number of H-pyrrole nitrogens is 1. The summed E-state index contributed by atoms with van der Waals surface area (Å²) >= 11 is 0. The predicted octanol–water partition coefficient (Wildman–Crippen LogP) is 0.843. The van der Waals surface area contributed by atoms with Gasteiger partial charge in [-0.15, -0.1) is 10.2 Å². The summed E-state index contributed by atoms with van der Waals surface area (Å²) in [4.78, 5) is 10.5. The average Bonchev–Trinajstić information content (AvgIpc) is 2.67. The van der Waals surface area contributed by atoms with E-state index in [1.807, 2.05) is 0 Å². The molecule has 1 aromatic carbocycles. The van der Waals surface area contributed by atoms with Gasteiger partial charge >= 0.3 is 5.97 Å². The number of aromatic carboxylic acids is 1. The van der Waals surface area contributed by atoms with Crippen molar-refractivity contribution in [3.05, 3.63) is 29.3 Å². The maximum atomic E-state index is 13.2. The second-order valence-electron chi connectivity index (χ2n) is 2.86. The monoisotopic (exact) mass is 226 g/mol. The Morgan fingerprint density at radius 2 is 1.94 bits per heavy atom. The number of halogens is 2. The van der Waals surface area contributed by atoms with Gasteiger partial charge in [-0.05, 0) is 17.3 Å². The van der Waals surface area contributed by atoms with Gasteiger partial charge in [0, 0.05) is 5.56 Å². The van der Waals surface area contributed by atoms with Gasteiger partial charge in [0.1, 0.15) is 17.2 Å². The average molecular weight is 226 g/mol. The summed E-state index contributed by atoms with van der Waals surface area (Å²) in [6.45, 7) is 0. The largest absolute Gasteiger partial charge is 0.477 e. The van der Waals surface area contributed by atoms with Crippen LogP contribution in [0.25, 0.3) is 11.4 Å². The number of rotatable bonds is 2. The molecule has 0 bridgehead atoms. The number of hydrogen-bond acceptors (Lipinski definition) is 4. The van der Waals surface area contributed by atoms with E-state index < -0.39 is 23.2 Å². The molecular weight excluding hydrogens is 222 g/mol. The fourth-order valence-corrected chi connectivity index (χ4v) is 1.19.